The molecular formula is C20H35IN4O2. The van der Waals surface area contributed by atoms with E-state index in [1.165, 1.54) is 5.56 Å². The van der Waals surface area contributed by atoms with E-state index in [0.29, 0.717) is 19.3 Å². The Kier molecular flexibility index (Phi) is 12.4. The lowest BCUT2D eigenvalue weighted by Crippen LogP contribution is -2.47. The molecule has 7 heteroatoms. The van der Waals surface area contributed by atoms with Crippen molar-refractivity contribution in [3.05, 3.63) is 29.8 Å². The molecule has 0 atom stereocenters. The predicted octanol–water partition coefficient (Wildman–Crippen LogP) is 3.33. The highest BCUT2D eigenvalue weighted by Gasteiger charge is 2.21. The van der Waals surface area contributed by atoms with Crippen LogP contribution in [0, 0.1) is 0 Å². The van der Waals surface area contributed by atoms with Crippen LogP contribution in [-0.2, 0) is 16.0 Å². The number of hydrogen-bond donors (Lipinski definition) is 2. The maximum atomic E-state index is 5.75. The Hall–Kier alpha value is -1.06. The zero-order valence-electron chi connectivity index (χ0n) is 16.9. The number of anilines is 1. The van der Waals surface area contributed by atoms with Gasteiger partial charge in [0.2, 0.25) is 0 Å². The van der Waals surface area contributed by atoms with Gasteiger partial charge in [0.1, 0.15) is 0 Å². The van der Waals surface area contributed by atoms with Gasteiger partial charge in [0.05, 0.1) is 19.3 Å². The Labute approximate surface area is 181 Å². The fourth-order valence-corrected chi connectivity index (χ4v) is 3.09. The highest BCUT2D eigenvalue weighted by molar-refractivity contribution is 14.0. The summed E-state index contributed by atoms with van der Waals surface area (Å²) in [6.07, 6.45) is 2.54. The van der Waals surface area contributed by atoms with E-state index in [2.05, 4.69) is 53.6 Å². The molecule has 1 aliphatic heterocycles. The van der Waals surface area contributed by atoms with Gasteiger partial charge in [-0.2, -0.15) is 0 Å². The van der Waals surface area contributed by atoms with Gasteiger partial charge in [-0.3, -0.25) is 0 Å². The van der Waals surface area contributed by atoms with Gasteiger partial charge >= 0.3 is 0 Å². The first kappa shape index (κ1) is 24.0. The van der Waals surface area contributed by atoms with Crippen molar-refractivity contribution in [1.82, 2.24) is 10.2 Å². The fourth-order valence-electron chi connectivity index (χ4n) is 3.09. The van der Waals surface area contributed by atoms with Gasteiger partial charge in [-0.05, 0) is 44.4 Å². The van der Waals surface area contributed by atoms with Gasteiger partial charge < -0.3 is 25.0 Å². The Morgan fingerprint density at radius 3 is 2.48 bits per heavy atom. The van der Waals surface area contributed by atoms with Crippen LogP contribution in [0.3, 0.4) is 0 Å². The van der Waals surface area contributed by atoms with E-state index < -0.39 is 0 Å². The molecule has 154 valence electrons. The minimum absolute atomic E-state index is 0. The van der Waals surface area contributed by atoms with Crippen LogP contribution >= 0.6 is 24.0 Å². The van der Waals surface area contributed by atoms with E-state index in [0.717, 1.165) is 57.3 Å². The smallest absolute Gasteiger partial charge is 0.194 e. The van der Waals surface area contributed by atoms with Gasteiger partial charge in [0.15, 0.2) is 5.96 Å². The van der Waals surface area contributed by atoms with Crippen LogP contribution in [0.2, 0.25) is 0 Å². The summed E-state index contributed by atoms with van der Waals surface area (Å²) in [4.78, 5) is 7.18. The highest BCUT2D eigenvalue weighted by Crippen LogP contribution is 2.15. The van der Waals surface area contributed by atoms with E-state index in [9.17, 15) is 0 Å². The van der Waals surface area contributed by atoms with Crippen LogP contribution in [0.4, 0.5) is 5.69 Å². The second-order valence-electron chi connectivity index (χ2n) is 6.43. The first-order valence-corrected chi connectivity index (χ1v) is 9.73. The molecule has 0 aromatic heterocycles. The Balaban J connectivity index is 0.00000364. The molecule has 0 bridgehead atoms. The third-order valence-corrected chi connectivity index (χ3v) is 4.48. The molecule has 1 fully saturated rings. The first-order valence-electron chi connectivity index (χ1n) is 9.73. The summed E-state index contributed by atoms with van der Waals surface area (Å²) in [5.41, 5.74) is 2.32. The molecule has 0 amide bonds. The van der Waals surface area contributed by atoms with E-state index in [4.69, 9.17) is 14.5 Å². The second kappa shape index (κ2) is 14.0. The van der Waals surface area contributed by atoms with E-state index in [-0.39, 0.29) is 24.0 Å². The van der Waals surface area contributed by atoms with Crippen molar-refractivity contribution in [2.24, 2.45) is 4.99 Å². The first-order chi connectivity index (χ1) is 12.8. The standard InChI is InChI=1S/C20H34N4O2.HI/c1-4-21-20(24-13-10-19(11-14-24)26-5-2)23-16-17-6-8-18(9-7-17)22-12-15-25-3;/h6-9,19,22H,4-5,10-16H2,1-3H3,(H,21,23);1H. The average Bonchev–Trinajstić information content (AvgIpc) is 2.67. The number of hydrogen-bond acceptors (Lipinski definition) is 4. The van der Waals surface area contributed by atoms with Crippen molar-refractivity contribution in [2.45, 2.75) is 39.3 Å². The molecule has 0 spiro atoms. The third-order valence-electron chi connectivity index (χ3n) is 4.48. The molecule has 0 radical (unpaired) electrons. The second-order valence-corrected chi connectivity index (χ2v) is 6.43. The summed E-state index contributed by atoms with van der Waals surface area (Å²) >= 11 is 0. The topological polar surface area (TPSA) is 58.1 Å². The van der Waals surface area contributed by atoms with Crippen molar-refractivity contribution in [3.63, 3.8) is 0 Å². The molecule has 0 aliphatic carbocycles. The lowest BCUT2D eigenvalue weighted by molar-refractivity contribution is 0.0263. The molecule has 6 nitrogen and oxygen atoms in total. The minimum atomic E-state index is 0. The number of ether oxygens (including phenoxy) is 2. The molecule has 1 aliphatic rings. The monoisotopic (exact) mass is 490 g/mol. The van der Waals surface area contributed by atoms with Crippen molar-refractivity contribution in [1.29, 1.82) is 0 Å². The summed E-state index contributed by atoms with van der Waals surface area (Å²) in [6, 6.07) is 8.45. The summed E-state index contributed by atoms with van der Waals surface area (Å²) in [5.74, 6) is 1.00. The van der Waals surface area contributed by atoms with Crippen LogP contribution in [0.1, 0.15) is 32.3 Å². The molecule has 1 aromatic carbocycles. The number of piperidine rings is 1. The van der Waals surface area contributed by atoms with Gasteiger partial charge in [0, 0.05) is 45.6 Å². The number of benzene rings is 1. The molecule has 0 saturated carbocycles. The third kappa shape index (κ3) is 8.66. The molecule has 1 heterocycles. The molecule has 2 rings (SSSR count). The fraction of sp³-hybridized carbons (Fsp3) is 0.650. The lowest BCUT2D eigenvalue weighted by Gasteiger charge is -2.34. The number of nitrogens with one attached hydrogen (secondary N) is 2. The molecule has 1 saturated heterocycles. The number of methoxy groups -OCH3 is 1. The molecule has 27 heavy (non-hydrogen) atoms. The molecular weight excluding hydrogens is 455 g/mol. The Morgan fingerprint density at radius 1 is 1.19 bits per heavy atom. The van der Waals surface area contributed by atoms with Gasteiger partial charge in [-0.25, -0.2) is 4.99 Å². The van der Waals surface area contributed by atoms with Crippen molar-refractivity contribution in [3.8, 4) is 0 Å². The van der Waals surface area contributed by atoms with Crippen LogP contribution in [0.15, 0.2) is 29.3 Å². The Morgan fingerprint density at radius 2 is 1.89 bits per heavy atom. The highest BCUT2D eigenvalue weighted by atomic mass is 127. The van der Waals surface area contributed by atoms with Crippen molar-refractivity contribution >= 4 is 35.6 Å². The molecule has 1 aromatic rings. The maximum absolute atomic E-state index is 5.75. The molecule has 2 N–H and O–H groups in total. The quantitative estimate of drug-likeness (QED) is 0.241. The number of guanidine groups is 1. The van der Waals surface area contributed by atoms with Gasteiger partial charge in [0.25, 0.3) is 0 Å². The summed E-state index contributed by atoms with van der Waals surface area (Å²) in [7, 11) is 1.71. The van der Waals surface area contributed by atoms with Crippen molar-refractivity contribution in [2.75, 3.05) is 51.8 Å². The maximum Gasteiger partial charge on any atom is 0.194 e. The van der Waals surface area contributed by atoms with E-state index >= 15 is 0 Å². The number of aliphatic imine (C=N–C) groups is 1. The van der Waals surface area contributed by atoms with Crippen LogP contribution < -0.4 is 10.6 Å². The zero-order chi connectivity index (χ0) is 18.6. The lowest BCUT2D eigenvalue weighted by atomic mass is 10.1. The SMILES string of the molecule is CCNC(=NCc1ccc(NCCOC)cc1)N1CCC(OCC)CC1.I. The van der Waals surface area contributed by atoms with Gasteiger partial charge in [-0.15, -0.1) is 24.0 Å². The predicted molar refractivity (Wildman–Crippen MR) is 123 cm³/mol. The van der Waals surface area contributed by atoms with Crippen molar-refractivity contribution < 1.29 is 9.47 Å². The van der Waals surface area contributed by atoms with Gasteiger partial charge in [-0.1, -0.05) is 12.1 Å². The normalized spacial score (nSPS) is 15.4. The van der Waals surface area contributed by atoms with Crippen LogP contribution in [0.5, 0.6) is 0 Å². The zero-order valence-corrected chi connectivity index (χ0v) is 19.2. The minimum Gasteiger partial charge on any atom is -0.383 e. The molecule has 0 unspecified atom stereocenters. The summed E-state index contributed by atoms with van der Waals surface area (Å²) < 4.78 is 10.8. The van der Waals surface area contributed by atoms with E-state index in [1.54, 1.807) is 7.11 Å². The van der Waals surface area contributed by atoms with Crippen LogP contribution in [-0.4, -0.2) is 63.5 Å². The number of likely N-dealkylation sites (tertiary alicyclic amines) is 1. The summed E-state index contributed by atoms with van der Waals surface area (Å²) in [5, 5.41) is 6.75. The summed E-state index contributed by atoms with van der Waals surface area (Å²) in [6.45, 7) is 10.1. The average molecular weight is 490 g/mol. The number of nitrogens with zero attached hydrogens (tertiary/aromatic N) is 2. The number of halogens is 1. The number of rotatable bonds is 9. The van der Waals surface area contributed by atoms with E-state index in [1.807, 2.05) is 0 Å². The van der Waals surface area contributed by atoms with Crippen LogP contribution in [0.25, 0.3) is 0 Å². The largest absolute Gasteiger partial charge is 0.383 e. The Bertz CT molecular complexity index is 531.